The van der Waals surface area contributed by atoms with E-state index >= 15 is 0 Å². The molecule has 0 radical (unpaired) electrons. The molecule has 1 fully saturated rings. The van der Waals surface area contributed by atoms with Gasteiger partial charge in [0.1, 0.15) is 6.10 Å². The maximum Gasteiger partial charge on any atom is 0.264 e. The summed E-state index contributed by atoms with van der Waals surface area (Å²) in [5, 5.41) is 6.06. The minimum absolute atomic E-state index is 0.165. The Morgan fingerprint density at radius 1 is 1.43 bits per heavy atom. The van der Waals surface area contributed by atoms with E-state index in [1.165, 1.54) is 11.3 Å². The van der Waals surface area contributed by atoms with Crippen molar-refractivity contribution >= 4 is 23.0 Å². The largest absolute Gasteiger partial charge is 0.391 e. The number of amides is 1. The second kappa shape index (κ2) is 6.58. The molecule has 0 aliphatic carbocycles. The quantitative estimate of drug-likeness (QED) is 0.855. The van der Waals surface area contributed by atoms with Crippen molar-refractivity contribution in [2.45, 2.75) is 25.9 Å². The topological polar surface area (TPSA) is 45.1 Å². The fourth-order valence-electron chi connectivity index (χ4n) is 2.77. The number of carbonyl (C=O) groups excluding carboxylic acids is 1. The Hall–Kier alpha value is -1.40. The number of nitrogens with zero attached hydrogens (tertiary/aromatic N) is 3. The zero-order valence-corrected chi connectivity index (χ0v) is 13.1. The average Bonchev–Trinajstić information content (AvgIpc) is 3.19. The normalized spacial score (nSPS) is 23.0. The van der Waals surface area contributed by atoms with E-state index in [1.807, 2.05) is 22.4 Å². The molecule has 2 aliphatic heterocycles. The van der Waals surface area contributed by atoms with Crippen molar-refractivity contribution in [3.63, 3.8) is 0 Å². The van der Waals surface area contributed by atoms with Gasteiger partial charge in [0.2, 0.25) is 0 Å². The summed E-state index contributed by atoms with van der Waals surface area (Å²) in [5.41, 5.74) is 1.16. The van der Waals surface area contributed by atoms with Gasteiger partial charge in [-0.1, -0.05) is 18.1 Å². The van der Waals surface area contributed by atoms with E-state index < -0.39 is 0 Å². The van der Waals surface area contributed by atoms with Gasteiger partial charge in [0.25, 0.3) is 5.91 Å². The van der Waals surface area contributed by atoms with Crippen LogP contribution in [0.25, 0.3) is 0 Å². The highest BCUT2D eigenvalue weighted by Crippen LogP contribution is 2.17. The predicted octanol–water partition coefficient (Wildman–Crippen LogP) is 2.06. The number of thiophene rings is 1. The first-order chi connectivity index (χ1) is 10.3. The number of hydrogen-bond donors (Lipinski definition) is 0. The molecule has 0 N–H and O–H groups in total. The van der Waals surface area contributed by atoms with Crippen LogP contribution in [0.3, 0.4) is 0 Å². The van der Waals surface area contributed by atoms with Gasteiger partial charge in [-0.3, -0.25) is 9.69 Å². The van der Waals surface area contributed by atoms with Gasteiger partial charge in [-0.25, -0.2) is 0 Å². The van der Waals surface area contributed by atoms with Crippen molar-refractivity contribution < 1.29 is 9.63 Å². The third-order valence-electron chi connectivity index (χ3n) is 4.06. The molecular weight excluding hydrogens is 286 g/mol. The average molecular weight is 307 g/mol. The second-order valence-electron chi connectivity index (χ2n) is 5.51. The summed E-state index contributed by atoms with van der Waals surface area (Å²) in [6, 6.07) is 3.83. The van der Waals surface area contributed by atoms with Crippen LogP contribution in [0.1, 0.15) is 29.4 Å². The number of piperazine rings is 1. The Morgan fingerprint density at radius 3 is 2.86 bits per heavy atom. The van der Waals surface area contributed by atoms with E-state index in [-0.39, 0.29) is 12.0 Å². The Morgan fingerprint density at radius 2 is 2.24 bits per heavy atom. The van der Waals surface area contributed by atoms with Crippen molar-refractivity contribution in [2.75, 3.05) is 32.7 Å². The summed E-state index contributed by atoms with van der Waals surface area (Å²) in [6.45, 7) is 6.44. The van der Waals surface area contributed by atoms with E-state index in [0.717, 1.165) is 56.2 Å². The molecule has 1 aromatic heterocycles. The molecular formula is C15H21N3O2S. The monoisotopic (exact) mass is 307 g/mol. The lowest BCUT2D eigenvalue weighted by Crippen LogP contribution is -2.50. The lowest BCUT2D eigenvalue weighted by atomic mass is 10.1. The fraction of sp³-hybridized carbons (Fsp3) is 0.600. The van der Waals surface area contributed by atoms with Crippen LogP contribution in [0, 0.1) is 0 Å². The Kier molecular flexibility index (Phi) is 4.55. The molecule has 114 valence electrons. The van der Waals surface area contributed by atoms with Gasteiger partial charge in [-0.05, 0) is 17.9 Å². The lowest BCUT2D eigenvalue weighted by Gasteiger charge is -2.35. The molecule has 1 aromatic rings. The first kappa shape index (κ1) is 14.5. The van der Waals surface area contributed by atoms with Gasteiger partial charge in [0, 0.05) is 39.1 Å². The summed E-state index contributed by atoms with van der Waals surface area (Å²) < 4.78 is 0. The molecule has 1 saturated heterocycles. The molecule has 1 amide bonds. The van der Waals surface area contributed by atoms with E-state index in [0.29, 0.717) is 0 Å². The van der Waals surface area contributed by atoms with Gasteiger partial charge in [-0.15, -0.1) is 11.3 Å². The van der Waals surface area contributed by atoms with Crippen molar-refractivity contribution in [3.05, 3.63) is 22.4 Å². The van der Waals surface area contributed by atoms with Gasteiger partial charge in [0.05, 0.1) is 10.6 Å². The van der Waals surface area contributed by atoms with Crippen LogP contribution < -0.4 is 0 Å². The third-order valence-corrected chi connectivity index (χ3v) is 4.91. The van der Waals surface area contributed by atoms with Crippen LogP contribution in [0.4, 0.5) is 0 Å². The molecule has 3 heterocycles. The van der Waals surface area contributed by atoms with Gasteiger partial charge < -0.3 is 9.74 Å². The molecule has 6 heteroatoms. The molecule has 5 nitrogen and oxygen atoms in total. The number of hydrogen-bond acceptors (Lipinski definition) is 5. The summed E-state index contributed by atoms with van der Waals surface area (Å²) >= 11 is 1.51. The molecule has 2 aliphatic rings. The minimum atomic E-state index is 0.165. The van der Waals surface area contributed by atoms with Crippen LogP contribution in [0.2, 0.25) is 0 Å². The van der Waals surface area contributed by atoms with E-state index in [9.17, 15) is 4.79 Å². The Labute approximate surface area is 129 Å². The Bertz CT molecular complexity index is 507. The first-order valence-corrected chi connectivity index (χ1v) is 8.41. The van der Waals surface area contributed by atoms with Gasteiger partial charge in [-0.2, -0.15) is 0 Å². The number of carbonyl (C=O) groups is 1. The molecule has 1 atom stereocenters. The highest BCUT2D eigenvalue weighted by Gasteiger charge is 2.27. The minimum Gasteiger partial charge on any atom is -0.391 e. The van der Waals surface area contributed by atoms with Gasteiger partial charge >= 0.3 is 0 Å². The SMILES string of the molecule is CCC1=NO[C@@H](CN2CCN(C(=O)c3cccs3)CC2)C1. The van der Waals surface area contributed by atoms with Crippen LogP contribution >= 0.6 is 11.3 Å². The zero-order chi connectivity index (χ0) is 14.7. The van der Waals surface area contributed by atoms with Crippen molar-refractivity contribution in [3.8, 4) is 0 Å². The molecule has 3 rings (SSSR count). The highest BCUT2D eigenvalue weighted by atomic mass is 32.1. The van der Waals surface area contributed by atoms with Crippen molar-refractivity contribution in [1.82, 2.24) is 9.80 Å². The van der Waals surface area contributed by atoms with E-state index in [1.54, 1.807) is 0 Å². The Balaban J connectivity index is 1.44. The molecule has 0 unspecified atom stereocenters. The summed E-state index contributed by atoms with van der Waals surface area (Å²) in [6.07, 6.45) is 2.12. The van der Waals surface area contributed by atoms with Crippen molar-refractivity contribution in [2.24, 2.45) is 5.16 Å². The van der Waals surface area contributed by atoms with Crippen molar-refractivity contribution in [1.29, 1.82) is 0 Å². The lowest BCUT2D eigenvalue weighted by molar-refractivity contribution is 0.0326. The van der Waals surface area contributed by atoms with Crippen LogP contribution in [0.5, 0.6) is 0 Å². The predicted molar refractivity (Wildman–Crippen MR) is 83.9 cm³/mol. The molecule has 21 heavy (non-hydrogen) atoms. The smallest absolute Gasteiger partial charge is 0.264 e. The molecule has 0 spiro atoms. The fourth-order valence-corrected chi connectivity index (χ4v) is 3.46. The second-order valence-corrected chi connectivity index (χ2v) is 6.46. The molecule has 0 bridgehead atoms. The van der Waals surface area contributed by atoms with E-state index in [2.05, 4.69) is 17.0 Å². The standard InChI is InChI=1S/C15H21N3O2S/c1-2-12-10-13(20-16-12)11-17-5-7-18(8-6-17)15(19)14-4-3-9-21-14/h3-4,9,13H,2,5-8,10-11H2,1H3/t13-/m1/s1. The number of oxime groups is 1. The van der Waals surface area contributed by atoms with Gasteiger partial charge in [0.15, 0.2) is 0 Å². The maximum absolute atomic E-state index is 12.3. The highest BCUT2D eigenvalue weighted by molar-refractivity contribution is 7.12. The third kappa shape index (κ3) is 3.44. The summed E-state index contributed by atoms with van der Waals surface area (Å²) in [5.74, 6) is 0.165. The van der Waals surface area contributed by atoms with Crippen LogP contribution in [-0.2, 0) is 4.84 Å². The molecule has 0 aromatic carbocycles. The molecule has 0 saturated carbocycles. The summed E-state index contributed by atoms with van der Waals surface area (Å²) in [4.78, 5) is 22.9. The van der Waals surface area contributed by atoms with Crippen LogP contribution in [-0.4, -0.2) is 60.2 Å². The number of rotatable bonds is 4. The van der Waals surface area contributed by atoms with Crippen LogP contribution in [0.15, 0.2) is 22.7 Å². The maximum atomic E-state index is 12.3. The van der Waals surface area contributed by atoms with E-state index in [4.69, 9.17) is 4.84 Å². The summed E-state index contributed by atoms with van der Waals surface area (Å²) in [7, 11) is 0. The zero-order valence-electron chi connectivity index (χ0n) is 12.3. The first-order valence-electron chi connectivity index (χ1n) is 7.53.